The summed E-state index contributed by atoms with van der Waals surface area (Å²) < 4.78 is 7.75. The van der Waals surface area contributed by atoms with Crippen LogP contribution < -0.4 is 5.01 Å². The van der Waals surface area contributed by atoms with Crippen molar-refractivity contribution < 1.29 is 9.84 Å². The van der Waals surface area contributed by atoms with Crippen LogP contribution in [0.15, 0.2) is 72.2 Å². The first kappa shape index (κ1) is 15.3. The average Bonchev–Trinajstić information content (AvgIpc) is 3.16. The summed E-state index contributed by atoms with van der Waals surface area (Å²) in [4.78, 5) is 4.41. The number of benzene rings is 2. The topological polar surface area (TPSA) is 75.8 Å². The van der Waals surface area contributed by atoms with Crippen LogP contribution in [0.5, 0.6) is 5.75 Å². The second-order valence-electron chi connectivity index (χ2n) is 5.31. The number of hydrogen-bond acceptors (Lipinski definition) is 5. The first-order valence-corrected chi connectivity index (χ1v) is 7.91. The van der Waals surface area contributed by atoms with Gasteiger partial charge in [0.15, 0.2) is 0 Å². The second-order valence-corrected chi connectivity index (χ2v) is 5.68. The van der Waals surface area contributed by atoms with Crippen molar-refractivity contribution in [1.82, 2.24) is 14.9 Å². The Bertz CT molecular complexity index is 910. The van der Waals surface area contributed by atoms with Crippen molar-refractivity contribution >= 4 is 23.2 Å². The van der Waals surface area contributed by atoms with E-state index in [1.165, 1.54) is 12.7 Å². The Labute approximate surface area is 148 Å². The average molecular weight is 351 g/mol. The molecule has 0 bridgehead atoms. The van der Waals surface area contributed by atoms with Crippen molar-refractivity contribution in [3.8, 4) is 5.75 Å². The summed E-state index contributed by atoms with van der Waals surface area (Å²) in [6, 6.07) is 16.3. The molecule has 0 amide bonds. The van der Waals surface area contributed by atoms with Crippen molar-refractivity contribution in [3.63, 3.8) is 0 Å². The minimum absolute atomic E-state index is 0.176. The molecule has 4 rings (SSSR count). The lowest BCUT2D eigenvalue weighted by Gasteiger charge is -2.35. The molecule has 0 saturated heterocycles. The van der Waals surface area contributed by atoms with Gasteiger partial charge in [0, 0.05) is 11.1 Å². The summed E-state index contributed by atoms with van der Waals surface area (Å²) >= 11 is 5.49. The SMILES string of the molecule is Oc1ccc(C2OC(c3ccccc3)=NC(=S)N2n2cnnc2)cc1. The van der Waals surface area contributed by atoms with Crippen LogP contribution >= 0.6 is 12.2 Å². The van der Waals surface area contributed by atoms with E-state index < -0.39 is 6.23 Å². The molecule has 7 nitrogen and oxygen atoms in total. The number of phenols is 1. The number of nitrogens with zero attached hydrogens (tertiary/aromatic N) is 5. The molecule has 1 unspecified atom stereocenters. The number of aromatic hydroxyl groups is 1. The molecule has 124 valence electrons. The number of thiocarbonyl (C=S) groups is 1. The minimum atomic E-state index is -0.572. The van der Waals surface area contributed by atoms with Gasteiger partial charge in [0.05, 0.1) is 0 Å². The maximum absolute atomic E-state index is 9.56. The zero-order chi connectivity index (χ0) is 17.2. The standard InChI is InChI=1S/C17H13N5O2S/c23-14-8-6-13(7-9-14)16-22(21-10-18-19-11-21)17(25)20-15(24-16)12-4-2-1-3-5-12/h1-11,16,23H. The monoisotopic (exact) mass is 351 g/mol. The van der Waals surface area contributed by atoms with Crippen LogP contribution in [0.3, 0.4) is 0 Å². The molecule has 0 saturated carbocycles. The fraction of sp³-hybridized carbons (Fsp3) is 0.0588. The smallest absolute Gasteiger partial charge is 0.225 e. The van der Waals surface area contributed by atoms with Gasteiger partial charge in [-0.05, 0) is 48.6 Å². The molecule has 0 aliphatic carbocycles. The van der Waals surface area contributed by atoms with E-state index in [9.17, 15) is 5.11 Å². The van der Waals surface area contributed by atoms with E-state index in [2.05, 4.69) is 15.2 Å². The molecule has 8 heteroatoms. The molecule has 1 aliphatic rings. The molecule has 1 atom stereocenters. The maximum Gasteiger partial charge on any atom is 0.225 e. The Morgan fingerprint density at radius 3 is 2.32 bits per heavy atom. The highest BCUT2D eigenvalue weighted by Gasteiger charge is 2.32. The van der Waals surface area contributed by atoms with Gasteiger partial charge >= 0.3 is 0 Å². The fourth-order valence-corrected chi connectivity index (χ4v) is 2.78. The van der Waals surface area contributed by atoms with Gasteiger partial charge in [-0.15, -0.1) is 10.2 Å². The summed E-state index contributed by atoms with van der Waals surface area (Å²) in [7, 11) is 0. The van der Waals surface area contributed by atoms with Crippen molar-refractivity contribution in [2.75, 3.05) is 5.01 Å². The van der Waals surface area contributed by atoms with Gasteiger partial charge in [0.1, 0.15) is 18.4 Å². The van der Waals surface area contributed by atoms with E-state index in [4.69, 9.17) is 17.0 Å². The van der Waals surface area contributed by atoms with Gasteiger partial charge in [0.25, 0.3) is 0 Å². The molecule has 0 fully saturated rings. The number of rotatable bonds is 3. The van der Waals surface area contributed by atoms with Crippen LogP contribution in [0.4, 0.5) is 0 Å². The first-order chi connectivity index (χ1) is 12.2. The van der Waals surface area contributed by atoms with Crippen LogP contribution in [-0.2, 0) is 4.74 Å². The normalized spacial score (nSPS) is 17.1. The summed E-state index contributed by atoms with van der Waals surface area (Å²) in [5.74, 6) is 0.614. The van der Waals surface area contributed by atoms with Crippen LogP contribution in [0.25, 0.3) is 0 Å². The number of ether oxygens (including phenoxy) is 1. The van der Waals surface area contributed by atoms with Crippen LogP contribution in [0.1, 0.15) is 17.4 Å². The third kappa shape index (κ3) is 2.94. The van der Waals surface area contributed by atoms with Crippen molar-refractivity contribution in [3.05, 3.63) is 78.4 Å². The summed E-state index contributed by atoms with van der Waals surface area (Å²) in [6.07, 6.45) is 2.47. The van der Waals surface area contributed by atoms with Gasteiger partial charge < -0.3 is 9.84 Å². The van der Waals surface area contributed by atoms with Crippen molar-refractivity contribution in [2.45, 2.75) is 6.23 Å². The molecule has 0 radical (unpaired) electrons. The fourth-order valence-electron chi connectivity index (χ4n) is 2.51. The second kappa shape index (κ2) is 6.33. The van der Waals surface area contributed by atoms with E-state index in [0.29, 0.717) is 11.0 Å². The highest BCUT2D eigenvalue weighted by atomic mass is 32.1. The predicted octanol–water partition coefficient (Wildman–Crippen LogP) is 2.38. The van der Waals surface area contributed by atoms with Crippen LogP contribution in [-0.4, -0.2) is 31.0 Å². The summed E-state index contributed by atoms with van der Waals surface area (Å²) in [6.45, 7) is 0. The number of hydrogen-bond donors (Lipinski definition) is 1. The van der Waals surface area contributed by atoms with E-state index in [0.717, 1.165) is 11.1 Å². The van der Waals surface area contributed by atoms with E-state index in [1.54, 1.807) is 34.0 Å². The number of aromatic nitrogens is 3. The molecule has 1 N–H and O–H groups in total. The molecule has 2 heterocycles. The van der Waals surface area contributed by atoms with Gasteiger partial charge in [-0.25, -0.2) is 9.69 Å². The van der Waals surface area contributed by atoms with Crippen LogP contribution in [0, 0.1) is 0 Å². The first-order valence-electron chi connectivity index (χ1n) is 7.50. The van der Waals surface area contributed by atoms with Crippen molar-refractivity contribution in [2.24, 2.45) is 4.99 Å². The molecule has 1 aliphatic heterocycles. The lowest BCUT2D eigenvalue weighted by Crippen LogP contribution is -2.46. The molecule has 25 heavy (non-hydrogen) atoms. The molecule has 2 aromatic carbocycles. The molecular weight excluding hydrogens is 338 g/mol. The van der Waals surface area contributed by atoms with Crippen molar-refractivity contribution in [1.29, 1.82) is 0 Å². The number of phenolic OH excluding ortho intramolecular Hbond substituents is 1. The van der Waals surface area contributed by atoms with Gasteiger partial charge in [-0.1, -0.05) is 18.2 Å². The van der Waals surface area contributed by atoms with Crippen LogP contribution in [0.2, 0.25) is 0 Å². The predicted molar refractivity (Wildman–Crippen MR) is 95.7 cm³/mol. The zero-order valence-electron chi connectivity index (χ0n) is 12.9. The van der Waals surface area contributed by atoms with E-state index in [1.807, 2.05) is 30.3 Å². The number of aliphatic imine (C=N–C) groups is 1. The Morgan fingerprint density at radius 2 is 1.64 bits per heavy atom. The van der Waals surface area contributed by atoms with Gasteiger partial charge in [-0.3, -0.25) is 0 Å². The quantitative estimate of drug-likeness (QED) is 0.730. The molecule has 1 aromatic heterocycles. The summed E-state index contributed by atoms with van der Waals surface area (Å²) in [5.41, 5.74) is 1.63. The zero-order valence-corrected chi connectivity index (χ0v) is 13.7. The Morgan fingerprint density at radius 1 is 0.960 bits per heavy atom. The lowest BCUT2D eigenvalue weighted by molar-refractivity contribution is 0.172. The van der Waals surface area contributed by atoms with Gasteiger partial charge in [0.2, 0.25) is 17.2 Å². The van der Waals surface area contributed by atoms with Gasteiger partial charge in [-0.2, -0.15) is 4.99 Å². The summed E-state index contributed by atoms with van der Waals surface area (Å²) in [5, 5.41) is 19.2. The third-order valence-corrected chi connectivity index (χ3v) is 3.97. The van der Waals surface area contributed by atoms with E-state index >= 15 is 0 Å². The highest BCUT2D eigenvalue weighted by Crippen LogP contribution is 2.28. The minimum Gasteiger partial charge on any atom is -0.508 e. The highest BCUT2D eigenvalue weighted by molar-refractivity contribution is 7.80. The maximum atomic E-state index is 9.56. The Hall–Kier alpha value is -3.26. The third-order valence-electron chi connectivity index (χ3n) is 3.69. The Balaban J connectivity index is 1.78. The van der Waals surface area contributed by atoms with E-state index in [-0.39, 0.29) is 5.75 Å². The lowest BCUT2D eigenvalue weighted by atomic mass is 10.1. The molecular formula is C17H13N5O2S. The Kier molecular flexibility index (Phi) is 3.87. The largest absolute Gasteiger partial charge is 0.508 e. The molecule has 0 spiro atoms. The molecule has 3 aromatic rings.